The summed E-state index contributed by atoms with van der Waals surface area (Å²) in [5.74, 6) is 1.08. The summed E-state index contributed by atoms with van der Waals surface area (Å²) in [7, 11) is 0. The van der Waals surface area contributed by atoms with E-state index in [-0.39, 0.29) is 0 Å². The molecule has 20 heavy (non-hydrogen) atoms. The average Bonchev–Trinajstić information content (AvgIpc) is 2.96. The van der Waals surface area contributed by atoms with E-state index in [1.54, 1.807) is 0 Å². The van der Waals surface area contributed by atoms with Gasteiger partial charge < -0.3 is 15.8 Å². The van der Waals surface area contributed by atoms with Crippen molar-refractivity contribution in [2.24, 2.45) is 0 Å². The Kier molecular flexibility index (Phi) is 3.97. The lowest BCUT2D eigenvalue weighted by Crippen LogP contribution is -2.16. The molecule has 1 saturated carbocycles. The maximum Gasteiger partial charge on any atom is 0.222 e. The molecule has 5 heteroatoms. The van der Waals surface area contributed by atoms with Gasteiger partial charge in [0.25, 0.3) is 0 Å². The van der Waals surface area contributed by atoms with E-state index in [0.717, 1.165) is 23.3 Å². The molecule has 3 N–H and O–H groups in total. The summed E-state index contributed by atoms with van der Waals surface area (Å²) in [5, 5.41) is 4.28. The summed E-state index contributed by atoms with van der Waals surface area (Å²) < 4.78 is 5.83. The molecule has 1 heterocycles. The van der Waals surface area contributed by atoms with Crippen LogP contribution in [0.3, 0.4) is 0 Å². The predicted octanol–water partition coefficient (Wildman–Crippen LogP) is 2.58. The van der Waals surface area contributed by atoms with Gasteiger partial charge in [-0.2, -0.15) is 4.98 Å². The van der Waals surface area contributed by atoms with E-state index in [1.165, 1.54) is 25.7 Å². The molecule has 106 valence electrons. The number of hydrogen-bond donors (Lipinski definition) is 2. The van der Waals surface area contributed by atoms with Crippen LogP contribution >= 0.6 is 0 Å². The summed E-state index contributed by atoms with van der Waals surface area (Å²) >= 11 is 0. The van der Waals surface area contributed by atoms with E-state index >= 15 is 0 Å². The highest BCUT2D eigenvalue weighted by Crippen LogP contribution is 2.22. The van der Waals surface area contributed by atoms with Crippen LogP contribution in [0.15, 0.2) is 24.3 Å². The molecule has 1 aliphatic carbocycles. The minimum Gasteiger partial charge on any atom is -0.376 e. The monoisotopic (exact) mass is 272 g/mol. The Balaban J connectivity index is 1.61. The van der Waals surface area contributed by atoms with Gasteiger partial charge in [-0.1, -0.05) is 25.0 Å². The number of nitrogens with one attached hydrogen (secondary N) is 1. The minimum atomic E-state index is 0.294. The fourth-order valence-corrected chi connectivity index (χ4v) is 2.68. The number of para-hydroxylation sites is 1. The molecule has 1 aliphatic rings. The lowest BCUT2D eigenvalue weighted by atomic mass is 10.2. The quantitative estimate of drug-likeness (QED) is 0.818. The SMILES string of the molecule is Nc1nc(NCCOC2CCCC2)c2ccccc2n1. The van der Waals surface area contributed by atoms with E-state index < -0.39 is 0 Å². The Hall–Kier alpha value is -1.88. The molecule has 1 aromatic carbocycles. The first-order chi connectivity index (χ1) is 9.83. The van der Waals surface area contributed by atoms with Crippen molar-refractivity contribution in [3.63, 3.8) is 0 Å². The van der Waals surface area contributed by atoms with Crippen molar-refractivity contribution in [2.75, 3.05) is 24.2 Å². The molecule has 0 amide bonds. The van der Waals surface area contributed by atoms with Crippen LogP contribution in [0.1, 0.15) is 25.7 Å². The third kappa shape index (κ3) is 2.99. The summed E-state index contributed by atoms with van der Waals surface area (Å²) in [6, 6.07) is 7.85. The van der Waals surface area contributed by atoms with Gasteiger partial charge in [0, 0.05) is 11.9 Å². The van der Waals surface area contributed by atoms with E-state index in [4.69, 9.17) is 10.5 Å². The second-order valence-corrected chi connectivity index (χ2v) is 5.15. The number of nitrogen functional groups attached to an aromatic ring is 1. The zero-order chi connectivity index (χ0) is 13.8. The standard InChI is InChI=1S/C15H20N4O/c16-15-18-13-8-4-3-7-12(13)14(19-15)17-9-10-20-11-5-1-2-6-11/h3-4,7-8,11H,1-2,5-6,9-10H2,(H3,16,17,18,19). The van der Waals surface area contributed by atoms with Crippen LogP contribution < -0.4 is 11.1 Å². The number of ether oxygens (including phenoxy) is 1. The molecule has 1 fully saturated rings. The molecule has 0 unspecified atom stereocenters. The smallest absolute Gasteiger partial charge is 0.222 e. The van der Waals surface area contributed by atoms with Crippen LogP contribution in [0.2, 0.25) is 0 Å². The van der Waals surface area contributed by atoms with Crippen LogP contribution in [0.4, 0.5) is 11.8 Å². The van der Waals surface area contributed by atoms with Gasteiger partial charge in [0.1, 0.15) is 5.82 Å². The second-order valence-electron chi connectivity index (χ2n) is 5.15. The Morgan fingerprint density at radius 3 is 2.85 bits per heavy atom. The van der Waals surface area contributed by atoms with E-state index in [1.807, 2.05) is 24.3 Å². The van der Waals surface area contributed by atoms with Crippen LogP contribution in [0, 0.1) is 0 Å². The molecule has 0 spiro atoms. The molecular weight excluding hydrogens is 252 g/mol. The maximum atomic E-state index is 5.83. The van der Waals surface area contributed by atoms with Crippen molar-refractivity contribution >= 4 is 22.7 Å². The number of nitrogens with two attached hydrogens (primary N) is 1. The lowest BCUT2D eigenvalue weighted by Gasteiger charge is -2.13. The number of hydrogen-bond acceptors (Lipinski definition) is 5. The van der Waals surface area contributed by atoms with Crippen molar-refractivity contribution < 1.29 is 4.74 Å². The fourth-order valence-electron chi connectivity index (χ4n) is 2.68. The van der Waals surface area contributed by atoms with Gasteiger partial charge in [0.05, 0.1) is 18.2 Å². The molecule has 0 radical (unpaired) electrons. The lowest BCUT2D eigenvalue weighted by molar-refractivity contribution is 0.0659. The molecule has 1 aromatic heterocycles. The number of nitrogens with zero attached hydrogens (tertiary/aromatic N) is 2. The van der Waals surface area contributed by atoms with E-state index in [2.05, 4.69) is 15.3 Å². The molecular formula is C15H20N4O. The summed E-state index contributed by atoms with van der Waals surface area (Å²) in [6.45, 7) is 1.43. The van der Waals surface area contributed by atoms with Gasteiger partial charge in [-0.05, 0) is 25.0 Å². The van der Waals surface area contributed by atoms with Gasteiger partial charge in [0.2, 0.25) is 5.95 Å². The fraction of sp³-hybridized carbons (Fsp3) is 0.467. The highest BCUT2D eigenvalue weighted by Gasteiger charge is 2.14. The van der Waals surface area contributed by atoms with Crippen LogP contribution in [-0.4, -0.2) is 29.2 Å². The number of rotatable bonds is 5. The first kappa shape index (κ1) is 13.1. The van der Waals surface area contributed by atoms with Crippen molar-refractivity contribution in [3.05, 3.63) is 24.3 Å². The van der Waals surface area contributed by atoms with Crippen molar-refractivity contribution in [2.45, 2.75) is 31.8 Å². The topological polar surface area (TPSA) is 73.1 Å². The molecule has 0 atom stereocenters. The third-order valence-corrected chi connectivity index (χ3v) is 3.67. The number of anilines is 2. The third-order valence-electron chi connectivity index (χ3n) is 3.67. The molecule has 3 rings (SSSR count). The average molecular weight is 272 g/mol. The largest absolute Gasteiger partial charge is 0.376 e. The van der Waals surface area contributed by atoms with Crippen LogP contribution in [-0.2, 0) is 4.74 Å². The molecule has 0 bridgehead atoms. The summed E-state index contributed by atoms with van der Waals surface area (Å²) in [5.41, 5.74) is 6.60. The van der Waals surface area contributed by atoms with Gasteiger partial charge in [-0.15, -0.1) is 0 Å². The highest BCUT2D eigenvalue weighted by molar-refractivity contribution is 5.89. The van der Waals surface area contributed by atoms with Crippen molar-refractivity contribution in [1.29, 1.82) is 0 Å². The zero-order valence-electron chi connectivity index (χ0n) is 11.5. The number of fused-ring (bicyclic) bond motifs is 1. The normalized spacial score (nSPS) is 15.8. The van der Waals surface area contributed by atoms with E-state index in [9.17, 15) is 0 Å². The number of benzene rings is 1. The van der Waals surface area contributed by atoms with E-state index in [0.29, 0.717) is 18.7 Å². The highest BCUT2D eigenvalue weighted by atomic mass is 16.5. The van der Waals surface area contributed by atoms with Crippen LogP contribution in [0.5, 0.6) is 0 Å². The summed E-state index contributed by atoms with van der Waals surface area (Å²) in [4.78, 5) is 8.49. The van der Waals surface area contributed by atoms with Gasteiger partial charge in [-0.25, -0.2) is 4.98 Å². The Labute approximate surface area is 118 Å². The molecule has 0 aliphatic heterocycles. The van der Waals surface area contributed by atoms with Crippen LogP contribution in [0.25, 0.3) is 10.9 Å². The first-order valence-electron chi connectivity index (χ1n) is 7.20. The van der Waals surface area contributed by atoms with Gasteiger partial charge in [0.15, 0.2) is 0 Å². The molecule has 0 saturated heterocycles. The second kappa shape index (κ2) is 6.05. The van der Waals surface area contributed by atoms with Crippen molar-refractivity contribution in [1.82, 2.24) is 9.97 Å². The molecule has 2 aromatic rings. The zero-order valence-corrected chi connectivity index (χ0v) is 11.5. The Morgan fingerprint density at radius 2 is 2.00 bits per heavy atom. The predicted molar refractivity (Wildman–Crippen MR) is 80.6 cm³/mol. The Morgan fingerprint density at radius 1 is 1.20 bits per heavy atom. The van der Waals surface area contributed by atoms with Gasteiger partial charge in [-0.3, -0.25) is 0 Å². The van der Waals surface area contributed by atoms with Gasteiger partial charge >= 0.3 is 0 Å². The Bertz CT molecular complexity index is 581. The maximum absolute atomic E-state index is 5.83. The first-order valence-corrected chi connectivity index (χ1v) is 7.20. The summed E-state index contributed by atoms with van der Waals surface area (Å²) in [6.07, 6.45) is 5.44. The molecule has 5 nitrogen and oxygen atoms in total. The number of aromatic nitrogens is 2. The van der Waals surface area contributed by atoms with Crippen molar-refractivity contribution in [3.8, 4) is 0 Å². The minimum absolute atomic E-state index is 0.294.